The van der Waals surface area contributed by atoms with Crippen molar-refractivity contribution in [1.82, 2.24) is 9.55 Å². The van der Waals surface area contributed by atoms with Gasteiger partial charge in [-0.05, 0) is 36.1 Å². The zero-order valence-electron chi connectivity index (χ0n) is 14.7. The van der Waals surface area contributed by atoms with Gasteiger partial charge in [0.2, 0.25) is 5.78 Å². The van der Waals surface area contributed by atoms with E-state index in [9.17, 15) is 14.9 Å². The van der Waals surface area contributed by atoms with E-state index in [1.54, 1.807) is 41.3 Å². The molecule has 0 fully saturated rings. The van der Waals surface area contributed by atoms with Crippen molar-refractivity contribution >= 4 is 28.5 Å². The molecule has 7 nitrogen and oxygen atoms in total. The van der Waals surface area contributed by atoms with Crippen LogP contribution in [0.2, 0.25) is 0 Å². The quantitative estimate of drug-likeness (QED) is 0.376. The van der Waals surface area contributed by atoms with Crippen LogP contribution in [0.1, 0.15) is 26.6 Å². The summed E-state index contributed by atoms with van der Waals surface area (Å²) in [5.74, 6) is -0.0986. The average molecular weight is 370 g/mol. The van der Waals surface area contributed by atoms with E-state index >= 15 is 0 Å². The average Bonchev–Trinajstić information content (AvgIpc) is 3.22. The lowest BCUT2D eigenvalue weighted by Gasteiger charge is -2.19. The molecule has 0 N–H and O–H groups in total. The smallest absolute Gasteiger partial charge is 0.293 e. The zero-order chi connectivity index (χ0) is 18.8. The molecule has 0 amide bonds. The minimum absolute atomic E-state index is 0.0956. The number of hydrogen-bond donors (Lipinski definition) is 0. The van der Waals surface area contributed by atoms with E-state index in [2.05, 4.69) is 4.98 Å². The first kappa shape index (κ1) is 17.8. The van der Waals surface area contributed by atoms with Crippen LogP contribution in [0.5, 0.6) is 0 Å². The van der Waals surface area contributed by atoms with Crippen LogP contribution in [0.4, 0.5) is 11.4 Å². The Bertz CT molecular complexity index is 976. The Morgan fingerprint density at radius 2 is 2.15 bits per heavy atom. The highest BCUT2D eigenvalue weighted by Crippen LogP contribution is 2.31. The molecule has 0 bridgehead atoms. The van der Waals surface area contributed by atoms with Crippen molar-refractivity contribution in [2.24, 2.45) is 7.05 Å². The molecule has 0 aliphatic heterocycles. The fourth-order valence-corrected chi connectivity index (χ4v) is 3.67. The largest absolute Gasteiger partial charge is 0.364 e. The van der Waals surface area contributed by atoms with Crippen LogP contribution in [0.15, 0.2) is 42.0 Å². The zero-order valence-corrected chi connectivity index (χ0v) is 15.5. The van der Waals surface area contributed by atoms with Crippen LogP contribution in [0, 0.1) is 17.0 Å². The maximum atomic E-state index is 12.6. The molecule has 134 valence electrons. The van der Waals surface area contributed by atoms with Gasteiger partial charge in [-0.3, -0.25) is 14.9 Å². The Morgan fingerprint density at radius 3 is 2.73 bits per heavy atom. The van der Waals surface area contributed by atoms with E-state index in [-0.39, 0.29) is 22.9 Å². The molecule has 0 radical (unpaired) electrons. The molecule has 1 aromatic carbocycles. The van der Waals surface area contributed by atoms with Crippen LogP contribution in [0.3, 0.4) is 0 Å². The summed E-state index contributed by atoms with van der Waals surface area (Å²) in [5, 5.41) is 13.6. The van der Waals surface area contributed by atoms with Gasteiger partial charge in [0.25, 0.3) is 5.69 Å². The maximum Gasteiger partial charge on any atom is 0.293 e. The van der Waals surface area contributed by atoms with Gasteiger partial charge in [-0.25, -0.2) is 4.98 Å². The van der Waals surface area contributed by atoms with Gasteiger partial charge in [0.05, 0.1) is 11.5 Å². The molecule has 8 heteroatoms. The van der Waals surface area contributed by atoms with Gasteiger partial charge in [-0.1, -0.05) is 0 Å². The standard InChI is InChI=1S/C18H18N4O3S/c1-12-6-9-26-16(12)11-21(3)14-5-4-13(10-15(14)22(24)25)17(23)18-19-7-8-20(18)2/h4-10H,11H2,1-3H3. The summed E-state index contributed by atoms with van der Waals surface area (Å²) in [4.78, 5) is 30.7. The molecule has 0 spiro atoms. The monoisotopic (exact) mass is 370 g/mol. The Balaban J connectivity index is 1.94. The fourth-order valence-electron chi connectivity index (χ4n) is 2.71. The van der Waals surface area contributed by atoms with Crippen LogP contribution in [-0.2, 0) is 13.6 Å². The number of thiophene rings is 1. The van der Waals surface area contributed by atoms with Crippen LogP contribution in [-0.4, -0.2) is 27.3 Å². The summed E-state index contributed by atoms with van der Waals surface area (Å²) in [7, 11) is 3.52. The van der Waals surface area contributed by atoms with Crippen molar-refractivity contribution in [3.63, 3.8) is 0 Å². The van der Waals surface area contributed by atoms with Gasteiger partial charge in [0.15, 0.2) is 5.82 Å². The summed E-state index contributed by atoms with van der Waals surface area (Å²) in [6.07, 6.45) is 3.18. The second-order valence-electron chi connectivity index (χ2n) is 6.03. The van der Waals surface area contributed by atoms with Crippen molar-refractivity contribution < 1.29 is 9.72 Å². The van der Waals surface area contributed by atoms with Crippen molar-refractivity contribution in [2.45, 2.75) is 13.5 Å². The lowest BCUT2D eigenvalue weighted by Crippen LogP contribution is -2.18. The highest BCUT2D eigenvalue weighted by molar-refractivity contribution is 7.10. The van der Waals surface area contributed by atoms with E-state index in [4.69, 9.17) is 0 Å². The Labute approximate surface area is 154 Å². The molecule has 0 atom stereocenters. The summed E-state index contributed by atoms with van der Waals surface area (Å²) in [6.45, 7) is 2.58. The topological polar surface area (TPSA) is 81.3 Å². The maximum absolute atomic E-state index is 12.6. The molecule has 0 saturated heterocycles. The van der Waals surface area contributed by atoms with Crippen molar-refractivity contribution in [2.75, 3.05) is 11.9 Å². The first-order valence-corrected chi connectivity index (χ1v) is 8.81. The number of anilines is 1. The third-order valence-electron chi connectivity index (χ3n) is 4.22. The minimum atomic E-state index is -0.456. The number of carbonyl (C=O) groups excluding carboxylic acids is 1. The number of nitro groups is 1. The molecule has 3 aromatic rings. The van der Waals surface area contributed by atoms with Gasteiger partial charge < -0.3 is 9.47 Å². The number of nitro benzene ring substituents is 1. The van der Waals surface area contributed by atoms with Gasteiger partial charge in [0.1, 0.15) is 5.69 Å². The molecular formula is C18H18N4O3S. The highest BCUT2D eigenvalue weighted by atomic mass is 32.1. The fraction of sp³-hybridized carbons (Fsp3) is 0.222. The molecular weight excluding hydrogens is 352 g/mol. The number of ketones is 1. The lowest BCUT2D eigenvalue weighted by molar-refractivity contribution is -0.384. The van der Waals surface area contributed by atoms with Crippen molar-refractivity contribution in [3.8, 4) is 0 Å². The van der Waals surface area contributed by atoms with E-state index in [0.29, 0.717) is 12.2 Å². The second-order valence-corrected chi connectivity index (χ2v) is 7.04. The first-order valence-electron chi connectivity index (χ1n) is 7.93. The predicted molar refractivity (Wildman–Crippen MR) is 101 cm³/mol. The van der Waals surface area contributed by atoms with E-state index in [1.807, 2.05) is 30.3 Å². The number of aromatic nitrogens is 2. The number of nitrogens with zero attached hydrogens (tertiary/aromatic N) is 4. The molecule has 2 heterocycles. The highest BCUT2D eigenvalue weighted by Gasteiger charge is 2.22. The molecule has 0 saturated carbocycles. The van der Waals surface area contributed by atoms with Gasteiger partial charge in [-0.15, -0.1) is 11.3 Å². The van der Waals surface area contributed by atoms with Gasteiger partial charge in [0, 0.05) is 43.0 Å². The lowest BCUT2D eigenvalue weighted by atomic mass is 10.1. The molecule has 3 rings (SSSR count). The van der Waals surface area contributed by atoms with E-state index < -0.39 is 4.92 Å². The number of benzene rings is 1. The van der Waals surface area contributed by atoms with Crippen molar-refractivity contribution in [1.29, 1.82) is 0 Å². The third kappa shape index (κ3) is 3.36. The molecule has 26 heavy (non-hydrogen) atoms. The summed E-state index contributed by atoms with van der Waals surface area (Å²) < 4.78 is 1.59. The summed E-state index contributed by atoms with van der Waals surface area (Å²) in [6, 6.07) is 6.58. The number of carbonyl (C=O) groups is 1. The summed E-state index contributed by atoms with van der Waals surface area (Å²) in [5.41, 5.74) is 1.78. The molecule has 0 aliphatic carbocycles. The van der Waals surface area contributed by atoms with Crippen LogP contribution < -0.4 is 4.90 Å². The minimum Gasteiger partial charge on any atom is -0.364 e. The third-order valence-corrected chi connectivity index (χ3v) is 5.23. The Morgan fingerprint density at radius 1 is 1.38 bits per heavy atom. The molecule has 0 unspecified atom stereocenters. The SMILES string of the molecule is Cc1ccsc1CN(C)c1ccc(C(=O)c2nccn2C)cc1[N+](=O)[O-]. The van der Waals surface area contributed by atoms with E-state index in [0.717, 1.165) is 10.4 Å². The normalized spacial score (nSPS) is 10.7. The van der Waals surface area contributed by atoms with Crippen LogP contribution >= 0.6 is 11.3 Å². The number of aryl methyl sites for hydroxylation is 2. The number of rotatable bonds is 6. The number of imidazole rings is 1. The second kappa shape index (κ2) is 7.09. The molecule has 0 aliphatic rings. The van der Waals surface area contributed by atoms with E-state index in [1.165, 1.54) is 12.3 Å². The van der Waals surface area contributed by atoms with Gasteiger partial charge in [-0.2, -0.15) is 0 Å². The predicted octanol–water partition coefficient (Wildman–Crippen LogP) is 3.57. The van der Waals surface area contributed by atoms with Crippen LogP contribution in [0.25, 0.3) is 0 Å². The summed E-state index contributed by atoms with van der Waals surface area (Å²) >= 11 is 1.62. The first-order chi connectivity index (χ1) is 12.4. The Hall–Kier alpha value is -3.00. The number of hydrogen-bond acceptors (Lipinski definition) is 6. The Kier molecular flexibility index (Phi) is 4.85. The molecule has 2 aromatic heterocycles. The van der Waals surface area contributed by atoms with Crippen molar-refractivity contribution in [3.05, 3.63) is 74.0 Å². The van der Waals surface area contributed by atoms with Gasteiger partial charge >= 0.3 is 0 Å².